The third-order valence-electron chi connectivity index (χ3n) is 3.67. The second-order valence-electron chi connectivity index (χ2n) is 4.61. The van der Waals surface area contributed by atoms with Crippen LogP contribution in [-0.2, 0) is 4.79 Å². The molecule has 78 valence electrons. The van der Waals surface area contributed by atoms with Gasteiger partial charge < -0.3 is 5.11 Å². The van der Waals surface area contributed by atoms with E-state index in [9.17, 15) is 9.90 Å². The topological polar surface area (TPSA) is 37.3 Å². The molecule has 3 atom stereocenters. The first-order valence-corrected chi connectivity index (χ1v) is 5.58. The van der Waals surface area contributed by atoms with Gasteiger partial charge in [0.15, 0.2) is 0 Å². The normalized spacial score (nSPS) is 39.1. The Morgan fingerprint density at radius 1 is 1.21 bits per heavy atom. The molecule has 0 aliphatic heterocycles. The first-order valence-electron chi connectivity index (χ1n) is 5.58. The summed E-state index contributed by atoms with van der Waals surface area (Å²) in [4.78, 5) is 11.8. The second kappa shape index (κ2) is 3.85. The van der Waals surface area contributed by atoms with Gasteiger partial charge in [-0.05, 0) is 25.7 Å². The lowest BCUT2D eigenvalue weighted by molar-refractivity contribution is -0.126. The zero-order valence-corrected chi connectivity index (χ0v) is 8.54. The van der Waals surface area contributed by atoms with Crippen LogP contribution in [0.1, 0.15) is 38.5 Å². The molecule has 2 fully saturated rings. The highest BCUT2D eigenvalue weighted by atomic mass is 16.3. The van der Waals surface area contributed by atoms with E-state index in [4.69, 9.17) is 0 Å². The van der Waals surface area contributed by atoms with Crippen LogP contribution in [0.25, 0.3) is 0 Å². The lowest BCUT2D eigenvalue weighted by atomic mass is 9.72. The Morgan fingerprint density at radius 2 is 2.00 bits per heavy atom. The summed E-state index contributed by atoms with van der Waals surface area (Å²) in [7, 11) is 0. The van der Waals surface area contributed by atoms with Gasteiger partial charge in [-0.1, -0.05) is 18.6 Å². The molecule has 2 heteroatoms. The van der Waals surface area contributed by atoms with Crippen molar-refractivity contribution in [2.75, 3.05) is 0 Å². The summed E-state index contributed by atoms with van der Waals surface area (Å²) in [5.74, 6) is 0.500. The monoisotopic (exact) mass is 194 g/mol. The Balaban J connectivity index is 2.24. The van der Waals surface area contributed by atoms with Gasteiger partial charge in [0, 0.05) is 18.3 Å². The molecule has 1 N–H and O–H groups in total. The van der Waals surface area contributed by atoms with Crippen molar-refractivity contribution in [3.63, 3.8) is 0 Å². The Hall–Kier alpha value is -0.630. The van der Waals surface area contributed by atoms with E-state index in [2.05, 4.69) is 6.58 Å². The number of ketones is 1. The molecular formula is C12H18O2. The van der Waals surface area contributed by atoms with Crippen LogP contribution in [0.5, 0.6) is 0 Å². The van der Waals surface area contributed by atoms with Crippen molar-refractivity contribution in [1.29, 1.82) is 0 Å². The zero-order valence-electron chi connectivity index (χ0n) is 8.54. The average molecular weight is 194 g/mol. The summed E-state index contributed by atoms with van der Waals surface area (Å²) < 4.78 is 0. The fraction of sp³-hybridized carbons (Fsp3) is 0.750. The number of rotatable bonds is 0. The van der Waals surface area contributed by atoms with Crippen molar-refractivity contribution in [3.8, 4) is 0 Å². The molecule has 0 radical (unpaired) electrons. The van der Waals surface area contributed by atoms with E-state index in [1.165, 1.54) is 0 Å². The van der Waals surface area contributed by atoms with Crippen molar-refractivity contribution in [2.24, 2.45) is 11.8 Å². The molecule has 0 aromatic rings. The van der Waals surface area contributed by atoms with Crippen molar-refractivity contribution in [1.82, 2.24) is 0 Å². The Labute approximate surface area is 85.0 Å². The highest BCUT2D eigenvalue weighted by Gasteiger charge is 2.38. The molecule has 0 amide bonds. The van der Waals surface area contributed by atoms with Crippen LogP contribution in [0.15, 0.2) is 12.2 Å². The highest BCUT2D eigenvalue weighted by molar-refractivity contribution is 5.82. The zero-order chi connectivity index (χ0) is 10.1. The third kappa shape index (κ3) is 1.63. The SMILES string of the molecule is C=C1CCCC(=O)[C@@H]2CCCC(O)[C@H]12. The van der Waals surface area contributed by atoms with E-state index in [1.54, 1.807) is 0 Å². The molecular weight excluding hydrogens is 176 g/mol. The van der Waals surface area contributed by atoms with Crippen molar-refractivity contribution < 1.29 is 9.90 Å². The largest absolute Gasteiger partial charge is 0.392 e. The molecule has 0 saturated heterocycles. The minimum Gasteiger partial charge on any atom is -0.392 e. The summed E-state index contributed by atoms with van der Waals surface area (Å²) in [6.45, 7) is 4.03. The summed E-state index contributed by atoms with van der Waals surface area (Å²) in [6.07, 6.45) is 5.01. The number of aliphatic hydroxyl groups excluding tert-OH is 1. The number of hydrogen-bond acceptors (Lipinski definition) is 2. The molecule has 1 unspecified atom stereocenters. The fourth-order valence-electron chi connectivity index (χ4n) is 2.93. The Kier molecular flexibility index (Phi) is 2.73. The second-order valence-corrected chi connectivity index (χ2v) is 4.61. The van der Waals surface area contributed by atoms with E-state index in [-0.39, 0.29) is 17.9 Å². The number of carbonyl (C=O) groups excluding carboxylic acids is 1. The van der Waals surface area contributed by atoms with Crippen molar-refractivity contribution in [2.45, 2.75) is 44.6 Å². The summed E-state index contributed by atoms with van der Waals surface area (Å²) >= 11 is 0. The molecule has 2 rings (SSSR count). The molecule has 0 bridgehead atoms. The van der Waals surface area contributed by atoms with Gasteiger partial charge in [0.2, 0.25) is 0 Å². The molecule has 2 aliphatic rings. The predicted octanol–water partition coefficient (Wildman–Crippen LogP) is 2.07. The molecule has 2 aliphatic carbocycles. The summed E-state index contributed by atoms with van der Waals surface area (Å²) in [6, 6.07) is 0. The van der Waals surface area contributed by atoms with Crippen molar-refractivity contribution in [3.05, 3.63) is 12.2 Å². The summed E-state index contributed by atoms with van der Waals surface area (Å²) in [5.41, 5.74) is 1.10. The number of carbonyl (C=O) groups is 1. The van der Waals surface area contributed by atoms with Crippen LogP contribution in [0, 0.1) is 11.8 Å². The van der Waals surface area contributed by atoms with E-state index >= 15 is 0 Å². The van der Waals surface area contributed by atoms with E-state index in [0.29, 0.717) is 12.2 Å². The maximum atomic E-state index is 11.8. The Morgan fingerprint density at radius 3 is 2.79 bits per heavy atom. The number of Topliss-reactive ketones (excluding diaryl/α,β-unsaturated/α-hetero) is 1. The molecule has 14 heavy (non-hydrogen) atoms. The molecule has 2 saturated carbocycles. The summed E-state index contributed by atoms with van der Waals surface area (Å²) in [5, 5.41) is 9.90. The lowest BCUT2D eigenvalue weighted by Crippen LogP contribution is -2.36. The maximum absolute atomic E-state index is 11.8. The van der Waals surface area contributed by atoms with Gasteiger partial charge >= 0.3 is 0 Å². The maximum Gasteiger partial charge on any atom is 0.136 e. The smallest absolute Gasteiger partial charge is 0.136 e. The Bertz CT molecular complexity index is 257. The first-order chi connectivity index (χ1) is 6.70. The van der Waals surface area contributed by atoms with Crippen LogP contribution in [0.3, 0.4) is 0 Å². The van der Waals surface area contributed by atoms with Gasteiger partial charge in [-0.15, -0.1) is 0 Å². The first kappa shape index (κ1) is 9.91. The highest BCUT2D eigenvalue weighted by Crippen LogP contribution is 2.40. The minimum atomic E-state index is -0.316. The van der Waals surface area contributed by atoms with Gasteiger partial charge in [0.05, 0.1) is 6.10 Å². The third-order valence-corrected chi connectivity index (χ3v) is 3.67. The van der Waals surface area contributed by atoms with Gasteiger partial charge in [-0.25, -0.2) is 0 Å². The van der Waals surface area contributed by atoms with Crippen LogP contribution >= 0.6 is 0 Å². The van der Waals surface area contributed by atoms with Crippen LogP contribution in [-0.4, -0.2) is 17.0 Å². The van der Waals surface area contributed by atoms with E-state index in [1.807, 2.05) is 0 Å². The number of fused-ring (bicyclic) bond motifs is 1. The molecule has 0 aromatic heterocycles. The van der Waals surface area contributed by atoms with Crippen LogP contribution < -0.4 is 0 Å². The lowest BCUT2D eigenvalue weighted by Gasteiger charge is -2.34. The number of aliphatic hydroxyl groups is 1. The van der Waals surface area contributed by atoms with Gasteiger partial charge in [-0.3, -0.25) is 4.79 Å². The van der Waals surface area contributed by atoms with E-state index < -0.39 is 0 Å². The van der Waals surface area contributed by atoms with Crippen LogP contribution in [0.4, 0.5) is 0 Å². The number of hydrogen-bond donors (Lipinski definition) is 1. The van der Waals surface area contributed by atoms with Gasteiger partial charge in [0.1, 0.15) is 5.78 Å². The van der Waals surface area contributed by atoms with E-state index in [0.717, 1.165) is 37.7 Å². The standard InChI is InChI=1S/C12H18O2/c1-8-4-2-6-10(13)9-5-3-7-11(14)12(8)9/h9,11-12,14H,1-7H2/t9-,11?,12+/m0/s1. The minimum absolute atomic E-state index is 0.0683. The molecule has 2 nitrogen and oxygen atoms in total. The molecule has 0 aromatic carbocycles. The van der Waals surface area contributed by atoms with Crippen LogP contribution in [0.2, 0.25) is 0 Å². The van der Waals surface area contributed by atoms with Gasteiger partial charge in [0.25, 0.3) is 0 Å². The quantitative estimate of drug-likeness (QED) is 0.599. The molecule has 0 spiro atoms. The van der Waals surface area contributed by atoms with Gasteiger partial charge in [-0.2, -0.15) is 0 Å². The average Bonchev–Trinajstić information content (AvgIpc) is 2.29. The fourth-order valence-corrected chi connectivity index (χ4v) is 2.93. The molecule has 0 heterocycles. The predicted molar refractivity (Wildman–Crippen MR) is 54.8 cm³/mol. The van der Waals surface area contributed by atoms with Crippen molar-refractivity contribution >= 4 is 5.78 Å².